The van der Waals surface area contributed by atoms with E-state index in [9.17, 15) is 0 Å². The summed E-state index contributed by atoms with van der Waals surface area (Å²) in [5.41, 5.74) is 13.1. The summed E-state index contributed by atoms with van der Waals surface area (Å²) in [5.74, 6) is 0. The minimum Gasteiger partial charge on any atom is -0.455 e. The summed E-state index contributed by atoms with van der Waals surface area (Å²) >= 11 is 0. The van der Waals surface area contributed by atoms with Gasteiger partial charge in [0.25, 0.3) is 0 Å². The van der Waals surface area contributed by atoms with E-state index >= 15 is 0 Å². The van der Waals surface area contributed by atoms with Crippen molar-refractivity contribution in [3.05, 3.63) is 231 Å². The molecule has 11 aromatic carbocycles. The lowest BCUT2D eigenvalue weighted by Crippen LogP contribution is -2.11. The molecule has 0 spiro atoms. The van der Waals surface area contributed by atoms with Gasteiger partial charge in [0.15, 0.2) is 0 Å². The third kappa shape index (κ3) is 5.60. The van der Waals surface area contributed by atoms with E-state index < -0.39 is 0 Å². The van der Waals surface area contributed by atoms with Crippen molar-refractivity contribution in [1.29, 1.82) is 0 Å². The minimum absolute atomic E-state index is 0.857. The first-order chi connectivity index (χ1) is 31.2. The van der Waals surface area contributed by atoms with Crippen LogP contribution in [0, 0.1) is 0 Å². The first kappa shape index (κ1) is 35.4. The predicted octanol–water partition coefficient (Wildman–Crippen LogP) is 16.9. The van der Waals surface area contributed by atoms with Crippen LogP contribution < -0.4 is 4.90 Å². The van der Waals surface area contributed by atoms with Gasteiger partial charge in [0.1, 0.15) is 11.2 Å². The van der Waals surface area contributed by atoms with E-state index in [1.165, 1.54) is 54.3 Å². The lowest BCUT2D eigenvalue weighted by atomic mass is 9.92. The van der Waals surface area contributed by atoms with Gasteiger partial charge in [0.05, 0.1) is 16.7 Å². The van der Waals surface area contributed by atoms with Crippen molar-refractivity contribution in [3.63, 3.8) is 0 Å². The molecule has 3 heteroatoms. The smallest absolute Gasteiger partial charge is 0.143 e. The second-order valence-corrected chi connectivity index (χ2v) is 16.5. The molecule has 0 atom stereocenters. The molecule has 0 bridgehead atoms. The molecule has 0 aliphatic rings. The van der Waals surface area contributed by atoms with Gasteiger partial charge in [-0.2, -0.15) is 0 Å². The van der Waals surface area contributed by atoms with Crippen LogP contribution in [0.25, 0.3) is 104 Å². The highest BCUT2D eigenvalue weighted by Crippen LogP contribution is 2.46. The summed E-state index contributed by atoms with van der Waals surface area (Å²) in [6.45, 7) is 0. The Kier molecular flexibility index (Phi) is 7.91. The van der Waals surface area contributed by atoms with Crippen LogP contribution in [0.1, 0.15) is 0 Å². The third-order valence-corrected chi connectivity index (χ3v) is 13.0. The average molecular weight is 803 g/mol. The number of para-hydroxylation sites is 3. The van der Waals surface area contributed by atoms with Crippen molar-refractivity contribution in [2.24, 2.45) is 0 Å². The molecule has 0 saturated heterocycles. The second kappa shape index (κ2) is 14.1. The summed E-state index contributed by atoms with van der Waals surface area (Å²) < 4.78 is 9.18. The Morgan fingerprint density at radius 2 is 0.952 bits per heavy atom. The fourth-order valence-electron chi connectivity index (χ4n) is 10.1. The molecule has 0 fully saturated rings. The van der Waals surface area contributed by atoms with E-state index in [1.54, 1.807) is 0 Å². The molecule has 0 saturated carbocycles. The lowest BCUT2D eigenvalue weighted by molar-refractivity contribution is 0.672. The molecule has 2 aromatic heterocycles. The molecule has 3 nitrogen and oxygen atoms in total. The monoisotopic (exact) mass is 802 g/mol. The van der Waals surface area contributed by atoms with Gasteiger partial charge < -0.3 is 13.9 Å². The Balaban J connectivity index is 0.986. The Morgan fingerprint density at radius 3 is 1.75 bits per heavy atom. The number of anilines is 3. The molecular formula is C60H38N2O. The SMILES string of the molecule is c1cc(-c2ccc(N(c3ccc4c(c3)oc3c5ccccc5ccc43)c3ccccc3-c3cc4ccccc4c4ccccc34)cc2)cc(-n2c3ccccc3c3ccccc32)c1. The van der Waals surface area contributed by atoms with E-state index in [0.717, 1.165) is 66.8 Å². The molecule has 0 aliphatic heterocycles. The van der Waals surface area contributed by atoms with E-state index in [1.807, 2.05) is 0 Å². The van der Waals surface area contributed by atoms with Crippen molar-refractivity contribution in [1.82, 2.24) is 4.57 Å². The first-order valence-corrected chi connectivity index (χ1v) is 21.6. The fraction of sp³-hybridized carbons (Fsp3) is 0. The van der Waals surface area contributed by atoms with E-state index in [4.69, 9.17) is 4.42 Å². The second-order valence-electron chi connectivity index (χ2n) is 16.5. The van der Waals surface area contributed by atoms with Crippen molar-refractivity contribution in [3.8, 4) is 27.9 Å². The average Bonchev–Trinajstić information content (AvgIpc) is 3.90. The largest absolute Gasteiger partial charge is 0.455 e. The zero-order valence-corrected chi connectivity index (χ0v) is 34.2. The highest BCUT2D eigenvalue weighted by molar-refractivity contribution is 6.17. The highest BCUT2D eigenvalue weighted by Gasteiger charge is 2.21. The van der Waals surface area contributed by atoms with Crippen LogP contribution in [0.2, 0.25) is 0 Å². The summed E-state index contributed by atoms with van der Waals surface area (Å²) in [6.07, 6.45) is 0. The summed E-state index contributed by atoms with van der Waals surface area (Å²) in [4.78, 5) is 2.39. The zero-order chi connectivity index (χ0) is 41.4. The molecular weight excluding hydrogens is 765 g/mol. The van der Waals surface area contributed by atoms with Crippen LogP contribution >= 0.6 is 0 Å². The summed E-state index contributed by atoms with van der Waals surface area (Å²) in [5, 5.41) is 12.0. The predicted molar refractivity (Wildman–Crippen MR) is 266 cm³/mol. The molecule has 63 heavy (non-hydrogen) atoms. The van der Waals surface area contributed by atoms with Crippen LogP contribution in [0.4, 0.5) is 17.1 Å². The van der Waals surface area contributed by atoms with Crippen molar-refractivity contribution < 1.29 is 4.42 Å². The number of furan rings is 1. The van der Waals surface area contributed by atoms with Crippen LogP contribution in [-0.2, 0) is 0 Å². The van der Waals surface area contributed by atoms with Gasteiger partial charge in [0.2, 0.25) is 0 Å². The Morgan fingerprint density at radius 1 is 0.333 bits per heavy atom. The number of fused-ring (bicyclic) bond motifs is 11. The molecule has 0 unspecified atom stereocenters. The van der Waals surface area contributed by atoms with Crippen LogP contribution in [0.15, 0.2) is 235 Å². The maximum atomic E-state index is 6.79. The lowest BCUT2D eigenvalue weighted by Gasteiger charge is -2.28. The number of hydrogen-bond acceptors (Lipinski definition) is 2. The van der Waals surface area contributed by atoms with Gasteiger partial charge >= 0.3 is 0 Å². The molecule has 0 radical (unpaired) electrons. The van der Waals surface area contributed by atoms with E-state index in [-0.39, 0.29) is 0 Å². The van der Waals surface area contributed by atoms with Crippen LogP contribution in [0.5, 0.6) is 0 Å². The fourth-order valence-corrected chi connectivity index (χ4v) is 10.1. The number of hydrogen-bond donors (Lipinski definition) is 0. The summed E-state index contributed by atoms with van der Waals surface area (Å²) in [7, 11) is 0. The van der Waals surface area contributed by atoms with E-state index in [2.05, 4.69) is 240 Å². The van der Waals surface area contributed by atoms with Crippen molar-refractivity contribution >= 4 is 93.1 Å². The molecule has 0 aliphatic carbocycles. The molecule has 2 heterocycles. The van der Waals surface area contributed by atoms with Gasteiger partial charge in [-0.15, -0.1) is 0 Å². The standard InChI is InChI=1S/C60H38N2O/c1-4-19-47-40(14-1)30-34-54-53-35-33-45(38-59(53)63-60(47)54)61(56-25-10-9-24-52(56)55-37-42-15-2-3-18-46(42)48-20-5-6-21-49(48)55)43-31-28-39(29-32-43)41-16-13-17-44(36-41)62-57-26-11-7-22-50(57)51-23-8-12-27-58(51)62/h1-38H. The van der Waals surface area contributed by atoms with Crippen molar-refractivity contribution in [2.75, 3.05) is 4.90 Å². The highest BCUT2D eigenvalue weighted by atomic mass is 16.3. The molecule has 13 aromatic rings. The van der Waals surface area contributed by atoms with Gasteiger partial charge in [-0.25, -0.2) is 0 Å². The van der Waals surface area contributed by atoms with E-state index in [0.29, 0.717) is 0 Å². The Hall–Kier alpha value is -8.40. The zero-order valence-electron chi connectivity index (χ0n) is 34.2. The normalized spacial score (nSPS) is 11.8. The maximum absolute atomic E-state index is 6.79. The topological polar surface area (TPSA) is 21.3 Å². The maximum Gasteiger partial charge on any atom is 0.143 e. The van der Waals surface area contributed by atoms with Gasteiger partial charge in [-0.05, 0) is 110 Å². The quantitative estimate of drug-likeness (QED) is 0.156. The molecule has 0 N–H and O–H groups in total. The first-order valence-electron chi connectivity index (χ1n) is 21.6. The number of aromatic nitrogens is 1. The Labute approximate surface area is 363 Å². The number of benzene rings is 11. The number of nitrogens with zero attached hydrogens (tertiary/aromatic N) is 2. The van der Waals surface area contributed by atoms with Gasteiger partial charge in [-0.1, -0.05) is 158 Å². The minimum atomic E-state index is 0.857. The third-order valence-electron chi connectivity index (χ3n) is 13.0. The molecule has 294 valence electrons. The molecule has 0 amide bonds. The molecule has 13 rings (SSSR count). The number of rotatable bonds is 6. The summed E-state index contributed by atoms with van der Waals surface area (Å²) in [6, 6.07) is 83.5. The van der Waals surface area contributed by atoms with Crippen LogP contribution in [-0.4, -0.2) is 4.57 Å². The Bertz CT molecular complexity index is 3870. The van der Waals surface area contributed by atoms with Gasteiger partial charge in [0, 0.05) is 55.6 Å². The van der Waals surface area contributed by atoms with Crippen molar-refractivity contribution in [2.45, 2.75) is 0 Å². The van der Waals surface area contributed by atoms with Gasteiger partial charge in [-0.3, -0.25) is 0 Å². The van der Waals surface area contributed by atoms with Crippen LogP contribution in [0.3, 0.4) is 0 Å².